The molecule has 3 aromatic rings. The summed E-state index contributed by atoms with van der Waals surface area (Å²) < 4.78 is 6.85. The minimum Gasteiger partial charge on any atom is -0.491 e. The highest BCUT2D eigenvalue weighted by Gasteiger charge is 2.07. The van der Waals surface area contributed by atoms with Gasteiger partial charge in [-0.05, 0) is 17.7 Å². The van der Waals surface area contributed by atoms with Crippen LogP contribution in [0.3, 0.4) is 0 Å². The molecule has 2 aromatic carbocycles. The van der Waals surface area contributed by atoms with E-state index in [9.17, 15) is 0 Å². The van der Waals surface area contributed by atoms with Crippen molar-refractivity contribution in [3.05, 3.63) is 53.5 Å². The lowest BCUT2D eigenvalue weighted by Gasteiger charge is -2.09. The van der Waals surface area contributed by atoms with Crippen molar-refractivity contribution in [1.29, 1.82) is 0 Å². The largest absolute Gasteiger partial charge is 0.491 e. The van der Waals surface area contributed by atoms with Crippen molar-refractivity contribution in [2.24, 2.45) is 0 Å². The number of thiazole rings is 1. The number of fused-ring (bicyclic) bond motifs is 1. The van der Waals surface area contributed by atoms with E-state index in [1.165, 1.54) is 5.56 Å². The van der Waals surface area contributed by atoms with E-state index in [0.717, 1.165) is 16.6 Å². The molecule has 0 aliphatic heterocycles. The molecule has 3 nitrogen and oxygen atoms in total. The van der Waals surface area contributed by atoms with Gasteiger partial charge in [0, 0.05) is 6.42 Å². The molecule has 0 amide bonds. The lowest BCUT2D eigenvalue weighted by molar-refractivity contribution is 0.324. The van der Waals surface area contributed by atoms with Gasteiger partial charge in [-0.15, -0.1) is 11.3 Å². The first kappa shape index (κ1) is 12.0. The van der Waals surface area contributed by atoms with Gasteiger partial charge in [0.1, 0.15) is 17.0 Å². The molecule has 2 N–H and O–H groups in total. The standard InChI is InChI=1S/C15H14N2OS/c16-14-12(6-7-13-15(14)17-10-19-13)18-9-8-11-4-2-1-3-5-11/h1-7,10H,8-9,16H2. The van der Waals surface area contributed by atoms with Gasteiger partial charge in [-0.1, -0.05) is 30.3 Å². The van der Waals surface area contributed by atoms with Gasteiger partial charge in [0.2, 0.25) is 0 Å². The van der Waals surface area contributed by atoms with Crippen molar-refractivity contribution >= 4 is 27.2 Å². The van der Waals surface area contributed by atoms with Gasteiger partial charge >= 0.3 is 0 Å². The number of nitrogen functional groups attached to an aromatic ring is 1. The number of ether oxygens (including phenoxy) is 1. The average Bonchev–Trinajstić information content (AvgIpc) is 2.92. The van der Waals surface area contributed by atoms with Gasteiger partial charge in [-0.25, -0.2) is 4.98 Å². The molecule has 19 heavy (non-hydrogen) atoms. The summed E-state index contributed by atoms with van der Waals surface area (Å²) in [6.45, 7) is 0.615. The SMILES string of the molecule is Nc1c(OCCc2ccccc2)ccc2scnc12. The molecule has 0 bridgehead atoms. The Hall–Kier alpha value is -2.07. The van der Waals surface area contributed by atoms with E-state index in [0.29, 0.717) is 18.0 Å². The van der Waals surface area contributed by atoms with Crippen LogP contribution in [-0.2, 0) is 6.42 Å². The summed E-state index contributed by atoms with van der Waals surface area (Å²) in [5, 5.41) is 0. The Kier molecular flexibility index (Phi) is 3.33. The van der Waals surface area contributed by atoms with Crippen LogP contribution in [-0.4, -0.2) is 11.6 Å². The van der Waals surface area contributed by atoms with Crippen LogP contribution in [0.15, 0.2) is 48.0 Å². The van der Waals surface area contributed by atoms with Gasteiger partial charge < -0.3 is 10.5 Å². The van der Waals surface area contributed by atoms with Gasteiger partial charge in [-0.2, -0.15) is 0 Å². The zero-order valence-corrected chi connectivity index (χ0v) is 11.2. The summed E-state index contributed by atoms with van der Waals surface area (Å²) in [7, 11) is 0. The molecule has 0 saturated carbocycles. The molecule has 0 aliphatic carbocycles. The van der Waals surface area contributed by atoms with E-state index >= 15 is 0 Å². The number of aromatic nitrogens is 1. The monoisotopic (exact) mass is 270 g/mol. The van der Waals surface area contributed by atoms with Crippen LogP contribution in [0, 0.1) is 0 Å². The van der Waals surface area contributed by atoms with Gasteiger partial charge in [0.05, 0.1) is 16.8 Å². The molecular formula is C15H14N2OS. The van der Waals surface area contributed by atoms with Crippen LogP contribution in [0.4, 0.5) is 5.69 Å². The maximum Gasteiger partial charge on any atom is 0.144 e. The zero-order chi connectivity index (χ0) is 13.1. The number of hydrogen-bond acceptors (Lipinski definition) is 4. The summed E-state index contributed by atoms with van der Waals surface area (Å²) in [5.74, 6) is 0.717. The van der Waals surface area contributed by atoms with Crippen molar-refractivity contribution in [2.75, 3.05) is 12.3 Å². The van der Waals surface area contributed by atoms with Crippen LogP contribution in [0.5, 0.6) is 5.75 Å². The molecule has 0 saturated heterocycles. The number of nitrogens with two attached hydrogens (primary N) is 1. The Bertz CT molecular complexity index is 679. The van der Waals surface area contributed by atoms with Crippen molar-refractivity contribution in [3.8, 4) is 5.75 Å². The van der Waals surface area contributed by atoms with Crippen molar-refractivity contribution in [1.82, 2.24) is 4.98 Å². The van der Waals surface area contributed by atoms with Crippen molar-refractivity contribution in [2.45, 2.75) is 6.42 Å². The van der Waals surface area contributed by atoms with Crippen LogP contribution < -0.4 is 10.5 Å². The third kappa shape index (κ3) is 2.53. The molecule has 4 heteroatoms. The van der Waals surface area contributed by atoms with E-state index < -0.39 is 0 Å². The quantitative estimate of drug-likeness (QED) is 0.738. The number of rotatable bonds is 4. The Morgan fingerprint density at radius 3 is 2.79 bits per heavy atom. The predicted octanol–water partition coefficient (Wildman–Crippen LogP) is 3.50. The Morgan fingerprint density at radius 2 is 1.95 bits per heavy atom. The maximum atomic E-state index is 6.06. The van der Waals surface area contributed by atoms with Crippen molar-refractivity contribution in [3.63, 3.8) is 0 Å². The first-order valence-electron chi connectivity index (χ1n) is 6.13. The fourth-order valence-electron chi connectivity index (χ4n) is 1.98. The highest BCUT2D eigenvalue weighted by molar-refractivity contribution is 7.16. The molecule has 1 heterocycles. The second kappa shape index (κ2) is 5.28. The fourth-order valence-corrected chi connectivity index (χ4v) is 2.68. The van der Waals surface area contributed by atoms with E-state index in [-0.39, 0.29) is 0 Å². The molecule has 0 spiro atoms. The summed E-state index contributed by atoms with van der Waals surface area (Å²) in [4.78, 5) is 4.26. The smallest absolute Gasteiger partial charge is 0.144 e. The van der Waals surface area contributed by atoms with E-state index in [2.05, 4.69) is 17.1 Å². The van der Waals surface area contributed by atoms with Crippen LogP contribution >= 0.6 is 11.3 Å². The normalized spacial score (nSPS) is 10.7. The first-order valence-corrected chi connectivity index (χ1v) is 7.01. The summed E-state index contributed by atoms with van der Waals surface area (Å²) >= 11 is 1.58. The van der Waals surface area contributed by atoms with Gasteiger partial charge in [0.25, 0.3) is 0 Å². The predicted molar refractivity (Wildman–Crippen MR) is 79.7 cm³/mol. The third-order valence-electron chi connectivity index (χ3n) is 2.99. The minimum atomic E-state index is 0.615. The number of anilines is 1. The molecule has 1 aromatic heterocycles. The third-order valence-corrected chi connectivity index (χ3v) is 3.79. The van der Waals surface area contributed by atoms with Crippen LogP contribution in [0.2, 0.25) is 0 Å². The summed E-state index contributed by atoms with van der Waals surface area (Å²) in [6, 6.07) is 14.2. The Balaban J connectivity index is 1.70. The highest BCUT2D eigenvalue weighted by Crippen LogP contribution is 2.31. The van der Waals surface area contributed by atoms with E-state index in [1.54, 1.807) is 16.8 Å². The van der Waals surface area contributed by atoms with Crippen LogP contribution in [0.25, 0.3) is 10.2 Å². The molecule has 0 aliphatic rings. The van der Waals surface area contributed by atoms with Crippen molar-refractivity contribution < 1.29 is 4.74 Å². The van der Waals surface area contributed by atoms with Gasteiger partial charge in [-0.3, -0.25) is 0 Å². The second-order valence-corrected chi connectivity index (χ2v) is 5.15. The number of nitrogens with zero attached hydrogens (tertiary/aromatic N) is 1. The lowest BCUT2D eigenvalue weighted by atomic mass is 10.2. The average molecular weight is 270 g/mol. The Morgan fingerprint density at radius 1 is 1.11 bits per heavy atom. The summed E-state index contributed by atoms with van der Waals surface area (Å²) in [6.07, 6.45) is 0.870. The first-order chi connectivity index (χ1) is 9.34. The molecule has 0 atom stereocenters. The maximum absolute atomic E-state index is 6.06. The molecular weight excluding hydrogens is 256 g/mol. The van der Waals surface area contributed by atoms with Gasteiger partial charge in [0.15, 0.2) is 0 Å². The molecule has 96 valence electrons. The zero-order valence-electron chi connectivity index (χ0n) is 10.4. The molecule has 0 unspecified atom stereocenters. The van der Waals surface area contributed by atoms with E-state index in [4.69, 9.17) is 10.5 Å². The lowest BCUT2D eigenvalue weighted by Crippen LogP contribution is -2.03. The molecule has 3 rings (SSSR count). The highest BCUT2D eigenvalue weighted by atomic mass is 32.1. The minimum absolute atomic E-state index is 0.615. The topological polar surface area (TPSA) is 48.1 Å². The fraction of sp³-hybridized carbons (Fsp3) is 0.133. The Labute approximate surface area is 115 Å². The molecule has 0 fully saturated rings. The molecule has 0 radical (unpaired) electrons. The number of hydrogen-bond donors (Lipinski definition) is 1. The van der Waals surface area contributed by atoms with E-state index in [1.807, 2.05) is 30.3 Å². The number of benzene rings is 2. The second-order valence-electron chi connectivity index (χ2n) is 4.26. The van der Waals surface area contributed by atoms with Crippen LogP contribution in [0.1, 0.15) is 5.56 Å². The summed E-state index contributed by atoms with van der Waals surface area (Å²) in [5.41, 5.74) is 10.6.